The van der Waals surface area contributed by atoms with E-state index in [0.29, 0.717) is 40.9 Å². The fourth-order valence-corrected chi connectivity index (χ4v) is 5.41. The molecule has 192 valence electrons. The maximum atomic E-state index is 12.9. The molecule has 0 radical (unpaired) electrons. The summed E-state index contributed by atoms with van der Waals surface area (Å²) in [7, 11) is -2.06. The third kappa shape index (κ3) is 5.55. The van der Waals surface area contributed by atoms with Gasteiger partial charge in [0.05, 0.1) is 29.7 Å². The second kappa shape index (κ2) is 10.6. The van der Waals surface area contributed by atoms with Crippen molar-refractivity contribution in [2.45, 2.75) is 25.2 Å². The number of nitrogens with zero attached hydrogens (tertiary/aromatic N) is 3. The van der Waals surface area contributed by atoms with E-state index in [1.807, 2.05) is 30.3 Å². The monoisotopic (exact) mass is 576 g/mol. The lowest BCUT2D eigenvalue weighted by Crippen LogP contribution is -2.35. The molecule has 0 bridgehead atoms. The first-order chi connectivity index (χ1) is 17.1. The van der Waals surface area contributed by atoms with Gasteiger partial charge in [-0.1, -0.05) is 15.9 Å². The van der Waals surface area contributed by atoms with E-state index in [9.17, 15) is 18.0 Å². The normalized spacial score (nSPS) is 13.6. The molecular formula is C24H29BrN6O4S. The van der Waals surface area contributed by atoms with Gasteiger partial charge in [-0.15, -0.1) is 0 Å². The van der Waals surface area contributed by atoms with E-state index in [1.165, 1.54) is 10.6 Å². The zero-order valence-corrected chi connectivity index (χ0v) is 22.5. The van der Waals surface area contributed by atoms with Gasteiger partial charge in [0.25, 0.3) is 5.91 Å². The minimum Gasteiger partial charge on any atom is -0.355 e. The minimum absolute atomic E-state index is 0.118. The van der Waals surface area contributed by atoms with Crippen molar-refractivity contribution in [1.29, 1.82) is 0 Å². The van der Waals surface area contributed by atoms with Gasteiger partial charge in [-0.3, -0.25) is 13.9 Å². The van der Waals surface area contributed by atoms with Gasteiger partial charge in [0.1, 0.15) is 5.69 Å². The lowest BCUT2D eigenvalue weighted by Gasteiger charge is -2.25. The quantitative estimate of drug-likeness (QED) is 0.316. The van der Waals surface area contributed by atoms with Crippen molar-refractivity contribution in [2.24, 2.45) is 5.73 Å². The molecule has 2 amide bonds. The van der Waals surface area contributed by atoms with Crippen molar-refractivity contribution in [3.8, 4) is 5.69 Å². The Kier molecular flexibility index (Phi) is 7.67. The van der Waals surface area contributed by atoms with E-state index < -0.39 is 10.0 Å². The maximum absolute atomic E-state index is 12.9. The average Bonchev–Trinajstić information content (AvgIpc) is 3.62. The third-order valence-corrected chi connectivity index (χ3v) is 7.77. The van der Waals surface area contributed by atoms with E-state index in [1.54, 1.807) is 17.8 Å². The Morgan fingerprint density at radius 3 is 2.50 bits per heavy atom. The molecule has 12 heteroatoms. The Bertz CT molecular complexity index is 1400. The van der Waals surface area contributed by atoms with E-state index in [4.69, 9.17) is 10.8 Å². The number of carbonyl (C=O) groups excluding carboxylic acids is 2. The molecule has 10 nitrogen and oxygen atoms in total. The number of rotatable bonds is 10. The standard InChI is InChI=1S/C24H29BrN6O4S/c1-27-24(33)23-19-12-18(15-4-5-15)21(30(36(2,34)35)11-3-10-28-22(32)14-26)13-20(19)29-31(23)17-8-6-16(25)7-9-17/h6-9,12-13,15H,3-5,10-11,14,26H2,1-2H3,(H,27,33)(H,28,32). The fraction of sp³-hybridized carbons (Fsp3) is 0.375. The van der Waals surface area contributed by atoms with E-state index in [2.05, 4.69) is 26.6 Å². The van der Waals surface area contributed by atoms with Gasteiger partial charge in [0.15, 0.2) is 0 Å². The number of nitrogens with two attached hydrogens (primary N) is 1. The number of nitrogens with one attached hydrogen (secondary N) is 2. The molecule has 1 aliphatic rings. The predicted octanol–water partition coefficient (Wildman–Crippen LogP) is 2.26. The van der Waals surface area contributed by atoms with E-state index in [0.717, 1.165) is 22.9 Å². The molecule has 0 unspecified atom stereocenters. The van der Waals surface area contributed by atoms with Crippen LogP contribution >= 0.6 is 15.9 Å². The topological polar surface area (TPSA) is 139 Å². The predicted molar refractivity (Wildman–Crippen MR) is 143 cm³/mol. The van der Waals surface area contributed by atoms with Crippen molar-refractivity contribution >= 4 is 54.4 Å². The van der Waals surface area contributed by atoms with Crippen LogP contribution in [-0.4, -0.2) is 63.0 Å². The molecular weight excluding hydrogens is 548 g/mol. The van der Waals surface area contributed by atoms with Crippen LogP contribution in [0.15, 0.2) is 40.9 Å². The molecule has 1 saturated carbocycles. The summed E-state index contributed by atoms with van der Waals surface area (Å²) in [5.74, 6) is -0.370. The number of carbonyl (C=O) groups is 2. The van der Waals surface area contributed by atoms with Crippen LogP contribution in [-0.2, 0) is 14.8 Å². The highest BCUT2D eigenvalue weighted by molar-refractivity contribution is 9.10. The zero-order valence-electron chi connectivity index (χ0n) is 20.1. The van der Waals surface area contributed by atoms with Crippen LogP contribution in [0.2, 0.25) is 0 Å². The van der Waals surface area contributed by atoms with Crippen LogP contribution in [0, 0.1) is 0 Å². The van der Waals surface area contributed by atoms with Crippen LogP contribution in [0.5, 0.6) is 0 Å². The number of halogens is 1. The second-order valence-corrected chi connectivity index (χ2v) is 11.6. The summed E-state index contributed by atoms with van der Waals surface area (Å²) in [5, 5.41) is 10.7. The van der Waals surface area contributed by atoms with Crippen LogP contribution in [0.1, 0.15) is 41.2 Å². The Morgan fingerprint density at radius 1 is 1.22 bits per heavy atom. The van der Waals surface area contributed by atoms with Crippen LogP contribution in [0.25, 0.3) is 16.6 Å². The van der Waals surface area contributed by atoms with Crippen LogP contribution in [0.3, 0.4) is 0 Å². The van der Waals surface area contributed by atoms with Crippen molar-refractivity contribution in [2.75, 3.05) is 37.2 Å². The van der Waals surface area contributed by atoms with Crippen molar-refractivity contribution < 1.29 is 18.0 Å². The first-order valence-corrected chi connectivity index (χ1v) is 14.3. The highest BCUT2D eigenvalue weighted by Gasteiger charge is 2.32. The van der Waals surface area contributed by atoms with Crippen molar-refractivity contribution in [3.05, 3.63) is 52.1 Å². The molecule has 3 aromatic rings. The van der Waals surface area contributed by atoms with E-state index >= 15 is 0 Å². The molecule has 4 N–H and O–H groups in total. The van der Waals surface area contributed by atoms with Gasteiger partial charge in [0, 0.05) is 30.0 Å². The number of amides is 2. The number of fused-ring (bicyclic) bond motifs is 1. The summed E-state index contributed by atoms with van der Waals surface area (Å²) in [5.41, 5.74) is 8.36. The average molecular weight is 578 g/mol. The van der Waals surface area contributed by atoms with Crippen LogP contribution in [0.4, 0.5) is 5.69 Å². The maximum Gasteiger partial charge on any atom is 0.270 e. The molecule has 36 heavy (non-hydrogen) atoms. The van der Waals surface area contributed by atoms with Crippen LogP contribution < -0.4 is 20.7 Å². The molecule has 1 fully saturated rings. The molecule has 1 heterocycles. The number of anilines is 1. The molecule has 0 atom stereocenters. The molecule has 0 saturated heterocycles. The van der Waals surface area contributed by atoms with E-state index in [-0.39, 0.29) is 30.8 Å². The van der Waals surface area contributed by atoms with Gasteiger partial charge in [-0.25, -0.2) is 13.1 Å². The minimum atomic E-state index is -3.63. The Morgan fingerprint density at radius 2 is 1.92 bits per heavy atom. The lowest BCUT2D eigenvalue weighted by molar-refractivity contribution is -0.119. The first kappa shape index (κ1) is 26.1. The van der Waals surface area contributed by atoms with Gasteiger partial charge in [-0.2, -0.15) is 5.10 Å². The van der Waals surface area contributed by atoms with Gasteiger partial charge in [0.2, 0.25) is 15.9 Å². The molecule has 4 rings (SSSR count). The number of benzene rings is 2. The third-order valence-electron chi connectivity index (χ3n) is 6.06. The summed E-state index contributed by atoms with van der Waals surface area (Å²) in [6.07, 6.45) is 3.47. The summed E-state index contributed by atoms with van der Waals surface area (Å²) in [6, 6.07) is 11.1. The number of sulfonamides is 1. The largest absolute Gasteiger partial charge is 0.355 e. The van der Waals surface area contributed by atoms with Crippen molar-refractivity contribution in [1.82, 2.24) is 20.4 Å². The smallest absolute Gasteiger partial charge is 0.270 e. The summed E-state index contributed by atoms with van der Waals surface area (Å²) in [4.78, 5) is 24.4. The molecule has 0 aliphatic heterocycles. The van der Waals surface area contributed by atoms with Gasteiger partial charge < -0.3 is 16.4 Å². The van der Waals surface area contributed by atoms with Gasteiger partial charge in [-0.05, 0) is 67.1 Å². The highest BCUT2D eigenvalue weighted by atomic mass is 79.9. The van der Waals surface area contributed by atoms with Gasteiger partial charge >= 0.3 is 0 Å². The highest BCUT2D eigenvalue weighted by Crippen LogP contribution is 2.46. The second-order valence-electron chi connectivity index (χ2n) is 8.76. The SMILES string of the molecule is CNC(=O)c1c2cc(C3CC3)c(N(CCCNC(=O)CN)S(C)(=O)=O)cc2nn1-c1ccc(Br)cc1. The number of hydrogen-bond acceptors (Lipinski definition) is 6. The molecule has 0 spiro atoms. The fourth-order valence-electron chi connectivity index (χ4n) is 4.17. The lowest BCUT2D eigenvalue weighted by atomic mass is 10.0. The molecule has 1 aromatic heterocycles. The summed E-state index contributed by atoms with van der Waals surface area (Å²) in [6.45, 7) is 0.375. The Hall–Kier alpha value is -2.96. The Balaban J connectivity index is 1.83. The zero-order chi connectivity index (χ0) is 26.0. The summed E-state index contributed by atoms with van der Waals surface area (Å²) < 4.78 is 29.6. The number of hydrogen-bond donors (Lipinski definition) is 3. The molecule has 1 aliphatic carbocycles. The number of aromatic nitrogens is 2. The molecule has 2 aromatic carbocycles. The summed E-state index contributed by atoms with van der Waals surface area (Å²) >= 11 is 3.43. The Labute approximate surface area is 218 Å². The first-order valence-electron chi connectivity index (χ1n) is 11.6. The van der Waals surface area contributed by atoms with Crippen molar-refractivity contribution in [3.63, 3.8) is 0 Å².